The number of benzene rings is 2. The summed E-state index contributed by atoms with van der Waals surface area (Å²) >= 11 is 0. The van der Waals surface area contributed by atoms with Gasteiger partial charge in [0.2, 0.25) is 0 Å². The molecule has 0 unspecified atom stereocenters. The number of nitrogens with zero attached hydrogens (tertiary/aromatic N) is 2. The molecule has 0 fully saturated rings. The first-order chi connectivity index (χ1) is 13.9. The van der Waals surface area contributed by atoms with Crippen LogP contribution in [-0.4, -0.2) is 16.8 Å². The summed E-state index contributed by atoms with van der Waals surface area (Å²) in [6.45, 7) is 0. The van der Waals surface area contributed by atoms with Crippen LogP contribution in [0.4, 0.5) is 24.5 Å². The van der Waals surface area contributed by atoms with Gasteiger partial charge in [0.1, 0.15) is 6.07 Å². The number of carbonyl (C=O) groups excluding carboxylic acids is 2. The van der Waals surface area contributed by atoms with Crippen LogP contribution in [0.25, 0.3) is 0 Å². The molecule has 0 bridgehead atoms. The molecule has 0 saturated heterocycles. The second kappa shape index (κ2) is 8.22. The predicted octanol–water partition coefficient (Wildman–Crippen LogP) is 3.88. The molecule has 0 aliphatic carbocycles. The van der Waals surface area contributed by atoms with Gasteiger partial charge in [-0.3, -0.25) is 14.6 Å². The van der Waals surface area contributed by atoms with Crippen molar-refractivity contribution in [2.45, 2.75) is 0 Å². The largest absolute Gasteiger partial charge is 0.321 e. The van der Waals surface area contributed by atoms with Gasteiger partial charge in [-0.05, 0) is 30.3 Å². The zero-order valence-corrected chi connectivity index (χ0v) is 14.5. The van der Waals surface area contributed by atoms with Crippen molar-refractivity contribution >= 4 is 23.2 Å². The Bertz CT molecular complexity index is 1160. The number of nitrogens with one attached hydrogen (secondary N) is 2. The Balaban J connectivity index is 1.80. The van der Waals surface area contributed by atoms with Gasteiger partial charge in [-0.1, -0.05) is 12.1 Å². The highest BCUT2D eigenvalue weighted by Crippen LogP contribution is 2.20. The fourth-order valence-electron chi connectivity index (χ4n) is 2.39. The number of hydrogen-bond donors (Lipinski definition) is 2. The fourth-order valence-corrected chi connectivity index (χ4v) is 2.39. The van der Waals surface area contributed by atoms with Crippen LogP contribution in [0.15, 0.2) is 54.9 Å². The van der Waals surface area contributed by atoms with Crippen LogP contribution in [0, 0.1) is 28.8 Å². The minimum atomic E-state index is -1.72. The maximum atomic E-state index is 13.7. The third kappa shape index (κ3) is 4.22. The van der Waals surface area contributed by atoms with E-state index in [0.717, 1.165) is 12.3 Å². The van der Waals surface area contributed by atoms with Crippen LogP contribution in [0.3, 0.4) is 0 Å². The molecular formula is C20H11F3N4O2. The van der Waals surface area contributed by atoms with Gasteiger partial charge >= 0.3 is 0 Å². The number of hydrogen-bond acceptors (Lipinski definition) is 4. The summed E-state index contributed by atoms with van der Waals surface area (Å²) in [6, 6.07) is 11.0. The number of amides is 2. The molecule has 2 aromatic carbocycles. The summed E-state index contributed by atoms with van der Waals surface area (Å²) < 4.78 is 40.0. The number of carbonyl (C=O) groups is 2. The third-order valence-electron chi connectivity index (χ3n) is 3.84. The van der Waals surface area contributed by atoms with E-state index in [-0.39, 0.29) is 22.4 Å². The Morgan fingerprint density at radius 1 is 0.862 bits per heavy atom. The van der Waals surface area contributed by atoms with Crippen LogP contribution in [0.5, 0.6) is 0 Å². The Morgan fingerprint density at radius 2 is 1.48 bits per heavy atom. The normalized spacial score (nSPS) is 10.1. The highest BCUT2D eigenvalue weighted by atomic mass is 19.2. The van der Waals surface area contributed by atoms with Crippen molar-refractivity contribution in [2.24, 2.45) is 0 Å². The Labute approximate surface area is 162 Å². The molecule has 144 valence electrons. The SMILES string of the molecule is N#Cc1ccccc1NC(=O)c1cncc(C(=O)Nc2ccc(F)c(F)c2F)c1. The Morgan fingerprint density at radius 3 is 2.14 bits per heavy atom. The van der Waals surface area contributed by atoms with Gasteiger partial charge in [0.25, 0.3) is 11.8 Å². The first-order valence-corrected chi connectivity index (χ1v) is 8.11. The highest BCUT2D eigenvalue weighted by Gasteiger charge is 2.17. The number of anilines is 2. The molecule has 29 heavy (non-hydrogen) atoms. The first-order valence-electron chi connectivity index (χ1n) is 8.11. The molecule has 0 spiro atoms. The molecule has 6 nitrogen and oxygen atoms in total. The summed E-state index contributed by atoms with van der Waals surface area (Å²) in [7, 11) is 0. The molecule has 2 N–H and O–H groups in total. The lowest BCUT2D eigenvalue weighted by molar-refractivity contribution is 0.102. The van der Waals surface area contributed by atoms with Gasteiger partial charge in [0, 0.05) is 12.4 Å². The molecule has 9 heteroatoms. The van der Waals surface area contributed by atoms with E-state index in [0.29, 0.717) is 6.07 Å². The Hall–Kier alpha value is -4.19. The molecule has 0 radical (unpaired) electrons. The van der Waals surface area contributed by atoms with E-state index < -0.39 is 35.0 Å². The molecule has 0 aliphatic rings. The van der Waals surface area contributed by atoms with E-state index in [2.05, 4.69) is 15.6 Å². The second-order valence-corrected chi connectivity index (χ2v) is 5.75. The number of rotatable bonds is 4. The quantitative estimate of drug-likeness (QED) is 0.655. The predicted molar refractivity (Wildman–Crippen MR) is 97.6 cm³/mol. The Kier molecular flexibility index (Phi) is 5.55. The van der Waals surface area contributed by atoms with Crippen molar-refractivity contribution in [3.63, 3.8) is 0 Å². The molecule has 2 amide bonds. The standard InChI is InChI=1S/C20H11F3N4O2/c21-14-5-6-16(18(23)17(14)22)27-20(29)13-7-12(9-25-10-13)19(28)26-15-4-2-1-3-11(15)8-24/h1-7,9-10H,(H,26,28)(H,27,29). The summed E-state index contributed by atoms with van der Waals surface area (Å²) in [6.07, 6.45) is 2.31. The van der Waals surface area contributed by atoms with Crippen LogP contribution >= 0.6 is 0 Å². The van der Waals surface area contributed by atoms with Gasteiger partial charge < -0.3 is 10.6 Å². The topological polar surface area (TPSA) is 94.9 Å². The fraction of sp³-hybridized carbons (Fsp3) is 0. The van der Waals surface area contributed by atoms with Crippen LogP contribution in [0.2, 0.25) is 0 Å². The number of nitriles is 1. The van der Waals surface area contributed by atoms with Crippen LogP contribution in [0.1, 0.15) is 26.3 Å². The molecule has 3 aromatic rings. The highest BCUT2D eigenvalue weighted by molar-refractivity contribution is 6.08. The van der Waals surface area contributed by atoms with Gasteiger partial charge in [0.15, 0.2) is 17.5 Å². The van der Waals surface area contributed by atoms with Crippen LogP contribution in [-0.2, 0) is 0 Å². The number of pyridine rings is 1. The lowest BCUT2D eigenvalue weighted by Crippen LogP contribution is -2.17. The molecule has 0 atom stereocenters. The summed E-state index contributed by atoms with van der Waals surface area (Å²) in [5, 5.41) is 13.7. The van der Waals surface area contributed by atoms with Gasteiger partial charge in [-0.15, -0.1) is 0 Å². The van der Waals surface area contributed by atoms with Gasteiger partial charge in [0.05, 0.1) is 28.1 Å². The van der Waals surface area contributed by atoms with E-state index >= 15 is 0 Å². The average Bonchev–Trinajstić information content (AvgIpc) is 2.74. The molecule has 3 rings (SSSR count). The zero-order valence-electron chi connectivity index (χ0n) is 14.5. The second-order valence-electron chi connectivity index (χ2n) is 5.75. The average molecular weight is 396 g/mol. The van der Waals surface area contributed by atoms with E-state index in [1.54, 1.807) is 12.1 Å². The van der Waals surface area contributed by atoms with Gasteiger partial charge in [-0.2, -0.15) is 5.26 Å². The van der Waals surface area contributed by atoms with Crippen molar-refractivity contribution in [1.82, 2.24) is 4.98 Å². The van der Waals surface area contributed by atoms with Crippen molar-refractivity contribution in [1.29, 1.82) is 5.26 Å². The monoisotopic (exact) mass is 396 g/mol. The van der Waals surface area contributed by atoms with Crippen molar-refractivity contribution < 1.29 is 22.8 Å². The minimum Gasteiger partial charge on any atom is -0.321 e. The summed E-state index contributed by atoms with van der Waals surface area (Å²) in [5.41, 5.74) is -0.159. The lowest BCUT2D eigenvalue weighted by Gasteiger charge is -2.09. The van der Waals surface area contributed by atoms with E-state index in [4.69, 9.17) is 5.26 Å². The van der Waals surface area contributed by atoms with Crippen molar-refractivity contribution in [3.8, 4) is 6.07 Å². The third-order valence-corrected chi connectivity index (χ3v) is 3.84. The zero-order chi connectivity index (χ0) is 21.0. The molecule has 0 aliphatic heterocycles. The van der Waals surface area contributed by atoms with E-state index in [9.17, 15) is 22.8 Å². The van der Waals surface area contributed by atoms with E-state index in [1.165, 1.54) is 24.4 Å². The van der Waals surface area contributed by atoms with Gasteiger partial charge in [-0.25, -0.2) is 13.2 Å². The first kappa shape index (κ1) is 19.6. The van der Waals surface area contributed by atoms with Crippen LogP contribution < -0.4 is 10.6 Å². The van der Waals surface area contributed by atoms with Crippen molar-refractivity contribution in [3.05, 3.63) is 89.0 Å². The number of halogens is 3. The minimum absolute atomic E-state index is 0.00356. The van der Waals surface area contributed by atoms with Crippen molar-refractivity contribution in [2.75, 3.05) is 10.6 Å². The number of para-hydroxylation sites is 1. The molecule has 1 aromatic heterocycles. The number of aromatic nitrogens is 1. The maximum Gasteiger partial charge on any atom is 0.257 e. The molecular weight excluding hydrogens is 385 g/mol. The van der Waals surface area contributed by atoms with E-state index in [1.807, 2.05) is 6.07 Å². The smallest absolute Gasteiger partial charge is 0.257 e. The summed E-state index contributed by atoms with van der Waals surface area (Å²) in [5.74, 6) is -6.17. The lowest BCUT2D eigenvalue weighted by atomic mass is 10.1. The molecule has 0 saturated carbocycles. The summed E-state index contributed by atoms with van der Waals surface area (Å²) in [4.78, 5) is 28.5. The maximum absolute atomic E-state index is 13.7. The molecule has 1 heterocycles.